The molecule has 1 amide bonds. The summed E-state index contributed by atoms with van der Waals surface area (Å²) in [5.41, 5.74) is 3.42. The van der Waals surface area contributed by atoms with Crippen molar-refractivity contribution in [1.29, 1.82) is 0 Å². The molecule has 1 fully saturated rings. The Morgan fingerprint density at radius 3 is 2.66 bits per heavy atom. The summed E-state index contributed by atoms with van der Waals surface area (Å²) in [4.78, 5) is 18.1. The zero-order valence-corrected chi connectivity index (χ0v) is 19.9. The number of likely N-dealkylation sites (tertiary alicyclic amines) is 1. The van der Waals surface area contributed by atoms with E-state index in [-0.39, 0.29) is 35.9 Å². The second-order valence-electron chi connectivity index (χ2n) is 7.09. The van der Waals surface area contributed by atoms with Gasteiger partial charge in [0.2, 0.25) is 5.91 Å². The molecule has 3 rings (SSSR count). The summed E-state index contributed by atoms with van der Waals surface area (Å²) in [6.45, 7) is 4.28. The molecule has 1 aliphatic heterocycles. The highest BCUT2D eigenvalue weighted by Crippen LogP contribution is 2.17. The lowest BCUT2D eigenvalue weighted by Gasteiger charge is -2.19. The van der Waals surface area contributed by atoms with Crippen molar-refractivity contribution in [3.8, 4) is 0 Å². The number of carbonyl (C=O) groups excluding carboxylic acids is 1. The highest BCUT2D eigenvalue weighted by molar-refractivity contribution is 14.0. The first-order chi connectivity index (χ1) is 13.5. The highest BCUT2D eigenvalue weighted by Gasteiger charge is 2.19. The number of benzene rings is 2. The molecular formula is C22H28ClIN4O. The molecule has 0 aliphatic carbocycles. The van der Waals surface area contributed by atoms with Gasteiger partial charge in [-0.2, -0.15) is 0 Å². The molecule has 0 radical (unpaired) electrons. The minimum atomic E-state index is 0. The smallest absolute Gasteiger partial charge is 0.222 e. The van der Waals surface area contributed by atoms with Crippen LogP contribution in [0, 0.1) is 0 Å². The van der Waals surface area contributed by atoms with Crippen LogP contribution in [-0.2, 0) is 17.9 Å². The van der Waals surface area contributed by atoms with Crippen molar-refractivity contribution < 1.29 is 4.79 Å². The molecule has 2 aromatic rings. The molecule has 0 bridgehead atoms. The molecule has 0 spiro atoms. The Hall–Kier alpha value is -1.80. The molecule has 5 nitrogen and oxygen atoms in total. The number of aliphatic imine (C=N–C) groups is 1. The molecular weight excluding hydrogens is 499 g/mol. The number of nitrogens with one attached hydrogen (secondary N) is 2. The van der Waals surface area contributed by atoms with Gasteiger partial charge in [0.25, 0.3) is 0 Å². The van der Waals surface area contributed by atoms with Crippen molar-refractivity contribution in [3.05, 3.63) is 70.2 Å². The third-order valence-electron chi connectivity index (χ3n) is 4.92. The molecule has 2 aromatic carbocycles. The van der Waals surface area contributed by atoms with Gasteiger partial charge in [-0.25, -0.2) is 0 Å². The number of halogens is 2. The Balaban J connectivity index is 0.00000300. The van der Waals surface area contributed by atoms with E-state index in [2.05, 4.69) is 40.7 Å². The Morgan fingerprint density at radius 2 is 1.97 bits per heavy atom. The van der Waals surface area contributed by atoms with Gasteiger partial charge in [-0.05, 0) is 42.2 Å². The fraction of sp³-hybridized carbons (Fsp3) is 0.364. The number of amides is 1. The monoisotopic (exact) mass is 526 g/mol. The van der Waals surface area contributed by atoms with Gasteiger partial charge in [-0.15, -0.1) is 24.0 Å². The number of carbonyl (C=O) groups is 1. The van der Waals surface area contributed by atoms with Crippen LogP contribution in [0.5, 0.6) is 0 Å². The maximum atomic E-state index is 11.8. The van der Waals surface area contributed by atoms with Gasteiger partial charge >= 0.3 is 0 Å². The minimum absolute atomic E-state index is 0. The predicted molar refractivity (Wildman–Crippen MR) is 130 cm³/mol. The van der Waals surface area contributed by atoms with Crippen LogP contribution in [0.4, 0.5) is 0 Å². The van der Waals surface area contributed by atoms with Crippen LogP contribution in [-0.4, -0.2) is 30.4 Å². The molecule has 29 heavy (non-hydrogen) atoms. The third kappa shape index (κ3) is 6.89. The van der Waals surface area contributed by atoms with Gasteiger partial charge in [0, 0.05) is 38.1 Å². The van der Waals surface area contributed by atoms with Crippen LogP contribution >= 0.6 is 35.6 Å². The highest BCUT2D eigenvalue weighted by atomic mass is 127. The number of hydrogen-bond donors (Lipinski definition) is 2. The average molecular weight is 527 g/mol. The van der Waals surface area contributed by atoms with E-state index in [0.717, 1.165) is 40.6 Å². The Labute approximate surface area is 194 Å². The van der Waals surface area contributed by atoms with E-state index in [1.165, 1.54) is 0 Å². The zero-order chi connectivity index (χ0) is 19.9. The van der Waals surface area contributed by atoms with Gasteiger partial charge in [0.05, 0.1) is 6.04 Å². The molecule has 1 heterocycles. The first-order valence-corrected chi connectivity index (χ1v) is 10.0. The Morgan fingerprint density at radius 1 is 1.21 bits per heavy atom. The Bertz CT molecular complexity index is 858. The maximum Gasteiger partial charge on any atom is 0.222 e. The first-order valence-electron chi connectivity index (χ1n) is 9.63. The van der Waals surface area contributed by atoms with Crippen molar-refractivity contribution >= 4 is 47.4 Å². The van der Waals surface area contributed by atoms with Crippen LogP contribution < -0.4 is 10.6 Å². The second kappa shape index (κ2) is 11.4. The van der Waals surface area contributed by atoms with Crippen LogP contribution in [0.2, 0.25) is 5.02 Å². The summed E-state index contributed by atoms with van der Waals surface area (Å²) < 4.78 is 0. The molecule has 1 saturated heterocycles. The van der Waals surface area contributed by atoms with E-state index in [1.807, 2.05) is 35.2 Å². The van der Waals surface area contributed by atoms with Crippen LogP contribution in [0.3, 0.4) is 0 Å². The quantitative estimate of drug-likeness (QED) is 0.331. The predicted octanol–water partition coefficient (Wildman–Crippen LogP) is 4.51. The molecule has 1 unspecified atom stereocenters. The number of rotatable bonds is 6. The molecule has 0 aromatic heterocycles. The molecule has 1 aliphatic rings. The van der Waals surface area contributed by atoms with Crippen molar-refractivity contribution in [3.63, 3.8) is 0 Å². The van der Waals surface area contributed by atoms with Crippen LogP contribution in [0.15, 0.2) is 53.5 Å². The van der Waals surface area contributed by atoms with Crippen LogP contribution in [0.25, 0.3) is 0 Å². The summed E-state index contributed by atoms with van der Waals surface area (Å²) in [5.74, 6) is 0.982. The topological polar surface area (TPSA) is 56.7 Å². The Kier molecular flexibility index (Phi) is 9.23. The van der Waals surface area contributed by atoms with E-state index in [9.17, 15) is 4.79 Å². The summed E-state index contributed by atoms with van der Waals surface area (Å²) in [6.07, 6.45) is 1.64. The lowest BCUT2D eigenvalue weighted by atomic mass is 10.1. The average Bonchev–Trinajstić information content (AvgIpc) is 3.09. The van der Waals surface area contributed by atoms with Gasteiger partial charge in [0.1, 0.15) is 0 Å². The largest absolute Gasteiger partial charge is 0.352 e. The first kappa shape index (κ1) is 23.5. The molecule has 0 saturated carbocycles. The molecule has 7 heteroatoms. The number of guanidine groups is 1. The van der Waals surface area contributed by atoms with Crippen molar-refractivity contribution in [2.45, 2.75) is 38.9 Å². The second-order valence-corrected chi connectivity index (χ2v) is 7.52. The number of nitrogens with zero attached hydrogens (tertiary/aromatic N) is 2. The third-order valence-corrected chi connectivity index (χ3v) is 5.16. The van der Waals surface area contributed by atoms with Gasteiger partial charge in [-0.3, -0.25) is 9.79 Å². The summed E-state index contributed by atoms with van der Waals surface area (Å²) in [7, 11) is 1.76. The van der Waals surface area contributed by atoms with Crippen LogP contribution in [0.1, 0.15) is 42.5 Å². The summed E-state index contributed by atoms with van der Waals surface area (Å²) in [6, 6.07) is 16.2. The van der Waals surface area contributed by atoms with Gasteiger partial charge in [-0.1, -0.05) is 48.0 Å². The molecule has 1 atom stereocenters. The van der Waals surface area contributed by atoms with E-state index in [0.29, 0.717) is 19.5 Å². The summed E-state index contributed by atoms with van der Waals surface area (Å²) >= 11 is 6.09. The van der Waals surface area contributed by atoms with Crippen molar-refractivity contribution in [1.82, 2.24) is 15.5 Å². The fourth-order valence-corrected chi connectivity index (χ4v) is 3.57. The van der Waals surface area contributed by atoms with Crippen molar-refractivity contribution in [2.24, 2.45) is 4.99 Å². The SMILES string of the molecule is CN=C(NCc1cccc(CN2CCCC2=O)c1)NC(C)c1cccc(Cl)c1.I. The standard InChI is InChI=1S/C22H27ClN4O.HI/c1-16(19-8-4-9-20(23)13-19)26-22(24-2)25-14-17-6-3-7-18(12-17)15-27-11-5-10-21(27)28;/h3-4,6-9,12-13,16H,5,10-11,14-15H2,1-2H3,(H2,24,25,26);1H. The lowest BCUT2D eigenvalue weighted by Crippen LogP contribution is -2.38. The van der Waals surface area contributed by atoms with Gasteiger partial charge < -0.3 is 15.5 Å². The fourth-order valence-electron chi connectivity index (χ4n) is 3.37. The van der Waals surface area contributed by atoms with Crippen molar-refractivity contribution in [2.75, 3.05) is 13.6 Å². The van der Waals surface area contributed by atoms with Gasteiger partial charge in [0.15, 0.2) is 5.96 Å². The molecule has 2 N–H and O–H groups in total. The number of hydrogen-bond acceptors (Lipinski definition) is 2. The van der Waals surface area contributed by atoms with E-state index in [1.54, 1.807) is 7.05 Å². The minimum Gasteiger partial charge on any atom is -0.352 e. The summed E-state index contributed by atoms with van der Waals surface area (Å²) in [5, 5.41) is 7.47. The molecule has 156 valence electrons. The normalized spacial score (nSPS) is 15.1. The van der Waals surface area contributed by atoms with E-state index in [4.69, 9.17) is 11.6 Å². The maximum absolute atomic E-state index is 11.8. The van der Waals surface area contributed by atoms with E-state index >= 15 is 0 Å². The zero-order valence-electron chi connectivity index (χ0n) is 16.8. The lowest BCUT2D eigenvalue weighted by molar-refractivity contribution is -0.128. The van der Waals surface area contributed by atoms with E-state index < -0.39 is 0 Å².